The molecule has 0 bridgehead atoms. The molecule has 0 radical (unpaired) electrons. The normalized spacial score (nSPS) is 10.5. The minimum atomic E-state index is -0.403. The number of amides is 2. The van der Waals surface area contributed by atoms with Crippen LogP contribution < -0.4 is 10.6 Å². The minimum absolute atomic E-state index is 0.0438. The molecule has 2 N–H and O–H groups in total. The molecule has 1 heterocycles. The van der Waals surface area contributed by atoms with Crippen molar-refractivity contribution >= 4 is 40.7 Å². The Bertz CT molecular complexity index is 746. The Morgan fingerprint density at radius 1 is 1.08 bits per heavy atom. The molecule has 126 valence electrons. The van der Waals surface area contributed by atoms with E-state index in [1.54, 1.807) is 12.1 Å². The van der Waals surface area contributed by atoms with Crippen molar-refractivity contribution < 1.29 is 9.59 Å². The number of rotatable bonds is 5. The molecule has 5 nitrogen and oxygen atoms in total. The van der Waals surface area contributed by atoms with Crippen LogP contribution in [0.15, 0.2) is 36.4 Å². The highest BCUT2D eigenvalue weighted by Crippen LogP contribution is 2.17. The maximum absolute atomic E-state index is 12.1. The standard InChI is InChI=1S/C17H17Cl2N3O2/c1-10(2)16(23)21-12-5-3-11(4-6-12)9-20-17(24)15-13(18)7-8-14(19)22-15/h3-8,10H,9H2,1-2H3,(H,20,24)(H,21,23). The van der Waals surface area contributed by atoms with Crippen LogP contribution in [0, 0.1) is 5.92 Å². The molecule has 2 aromatic rings. The first kappa shape index (κ1) is 18.2. The highest BCUT2D eigenvalue weighted by atomic mass is 35.5. The van der Waals surface area contributed by atoms with Gasteiger partial charge in [0.25, 0.3) is 5.91 Å². The molecule has 0 unspecified atom stereocenters. The summed E-state index contributed by atoms with van der Waals surface area (Å²) in [7, 11) is 0. The van der Waals surface area contributed by atoms with Crippen molar-refractivity contribution in [3.05, 3.63) is 57.8 Å². The zero-order valence-electron chi connectivity index (χ0n) is 13.3. The molecule has 7 heteroatoms. The van der Waals surface area contributed by atoms with Crippen molar-refractivity contribution in [2.45, 2.75) is 20.4 Å². The lowest BCUT2D eigenvalue weighted by molar-refractivity contribution is -0.118. The van der Waals surface area contributed by atoms with Crippen molar-refractivity contribution in [1.82, 2.24) is 10.3 Å². The summed E-state index contributed by atoms with van der Waals surface area (Å²) in [5.41, 5.74) is 1.68. The molecule has 24 heavy (non-hydrogen) atoms. The molecule has 2 amide bonds. The SMILES string of the molecule is CC(C)C(=O)Nc1ccc(CNC(=O)c2nc(Cl)ccc2Cl)cc1. The molecule has 0 aliphatic heterocycles. The Labute approximate surface area is 150 Å². The van der Waals surface area contributed by atoms with Gasteiger partial charge >= 0.3 is 0 Å². The van der Waals surface area contributed by atoms with Crippen LogP contribution >= 0.6 is 23.2 Å². The van der Waals surface area contributed by atoms with Crippen molar-refractivity contribution in [2.24, 2.45) is 5.92 Å². The number of halogens is 2. The summed E-state index contributed by atoms with van der Waals surface area (Å²) in [5.74, 6) is -0.531. The van der Waals surface area contributed by atoms with E-state index in [1.807, 2.05) is 26.0 Å². The lowest BCUT2D eigenvalue weighted by Gasteiger charge is -2.09. The molecule has 0 aliphatic rings. The van der Waals surface area contributed by atoms with Crippen molar-refractivity contribution in [3.8, 4) is 0 Å². The largest absolute Gasteiger partial charge is 0.347 e. The molecular formula is C17H17Cl2N3O2. The van der Waals surface area contributed by atoms with Crippen molar-refractivity contribution in [1.29, 1.82) is 0 Å². The van der Waals surface area contributed by atoms with Gasteiger partial charge in [0.05, 0.1) is 5.02 Å². The number of carbonyl (C=O) groups is 2. The maximum atomic E-state index is 12.1. The predicted octanol–water partition coefficient (Wildman–Crippen LogP) is 3.91. The Hall–Kier alpha value is -2.11. The number of benzene rings is 1. The van der Waals surface area contributed by atoms with Crippen LogP contribution in [0.5, 0.6) is 0 Å². The zero-order chi connectivity index (χ0) is 17.7. The molecule has 0 saturated heterocycles. The Morgan fingerprint density at radius 2 is 1.75 bits per heavy atom. The molecular weight excluding hydrogens is 349 g/mol. The number of hydrogen-bond donors (Lipinski definition) is 2. The van der Waals surface area contributed by atoms with Gasteiger partial charge in [0.2, 0.25) is 5.91 Å². The number of nitrogens with zero attached hydrogens (tertiary/aromatic N) is 1. The van der Waals surface area contributed by atoms with E-state index in [4.69, 9.17) is 23.2 Å². The fourth-order valence-electron chi connectivity index (χ4n) is 1.84. The van der Waals surface area contributed by atoms with Gasteiger partial charge in [-0.25, -0.2) is 4.98 Å². The summed E-state index contributed by atoms with van der Waals surface area (Å²) in [4.78, 5) is 27.7. The van der Waals surface area contributed by atoms with Gasteiger partial charge in [0.1, 0.15) is 10.8 Å². The number of anilines is 1. The topological polar surface area (TPSA) is 71.1 Å². The predicted molar refractivity (Wildman–Crippen MR) is 95.3 cm³/mol. The van der Waals surface area contributed by atoms with Crippen LogP contribution in [-0.4, -0.2) is 16.8 Å². The smallest absolute Gasteiger partial charge is 0.271 e. The minimum Gasteiger partial charge on any atom is -0.347 e. The second-order valence-corrected chi connectivity index (χ2v) is 6.28. The number of pyridine rings is 1. The second-order valence-electron chi connectivity index (χ2n) is 5.49. The number of aromatic nitrogens is 1. The van der Waals surface area contributed by atoms with Crippen LogP contribution in [0.4, 0.5) is 5.69 Å². The lowest BCUT2D eigenvalue weighted by Crippen LogP contribution is -2.24. The third-order valence-electron chi connectivity index (χ3n) is 3.23. The average molecular weight is 366 g/mol. The van der Waals surface area contributed by atoms with E-state index in [1.165, 1.54) is 12.1 Å². The van der Waals surface area contributed by atoms with Gasteiger partial charge in [-0.3, -0.25) is 9.59 Å². The molecule has 0 fully saturated rings. The van der Waals surface area contributed by atoms with Crippen LogP contribution in [0.25, 0.3) is 0 Å². The second kappa shape index (κ2) is 8.13. The van der Waals surface area contributed by atoms with Gasteiger partial charge in [-0.05, 0) is 29.8 Å². The van der Waals surface area contributed by atoms with Crippen molar-refractivity contribution in [3.63, 3.8) is 0 Å². The van der Waals surface area contributed by atoms with Crippen LogP contribution in [0.3, 0.4) is 0 Å². The summed E-state index contributed by atoms with van der Waals surface area (Å²) in [5, 5.41) is 5.98. The summed E-state index contributed by atoms with van der Waals surface area (Å²) < 4.78 is 0. The van der Waals surface area contributed by atoms with Crippen LogP contribution in [0.2, 0.25) is 10.2 Å². The van der Waals surface area contributed by atoms with E-state index >= 15 is 0 Å². The van der Waals surface area contributed by atoms with Gasteiger partial charge in [0, 0.05) is 18.2 Å². The van der Waals surface area contributed by atoms with Gasteiger partial charge in [-0.15, -0.1) is 0 Å². The molecule has 0 atom stereocenters. The first-order chi connectivity index (χ1) is 11.4. The monoisotopic (exact) mass is 365 g/mol. The summed E-state index contributed by atoms with van der Waals surface area (Å²) in [6, 6.07) is 10.3. The van der Waals surface area contributed by atoms with Gasteiger partial charge in [0.15, 0.2) is 0 Å². The number of carbonyl (C=O) groups excluding carboxylic acids is 2. The van der Waals surface area contributed by atoms with E-state index in [9.17, 15) is 9.59 Å². The number of nitrogens with one attached hydrogen (secondary N) is 2. The number of hydrogen-bond acceptors (Lipinski definition) is 3. The molecule has 1 aromatic carbocycles. The van der Waals surface area contributed by atoms with E-state index in [0.29, 0.717) is 12.2 Å². The van der Waals surface area contributed by atoms with E-state index in [2.05, 4.69) is 15.6 Å². The third kappa shape index (κ3) is 4.94. The summed E-state index contributed by atoms with van der Waals surface area (Å²) >= 11 is 11.7. The van der Waals surface area contributed by atoms with Crippen LogP contribution in [-0.2, 0) is 11.3 Å². The average Bonchev–Trinajstić information content (AvgIpc) is 2.56. The summed E-state index contributed by atoms with van der Waals surface area (Å²) in [6.45, 7) is 3.96. The molecule has 0 spiro atoms. The van der Waals surface area contributed by atoms with Gasteiger partial charge in [-0.2, -0.15) is 0 Å². The first-order valence-corrected chi connectivity index (χ1v) is 8.12. The summed E-state index contributed by atoms with van der Waals surface area (Å²) in [6.07, 6.45) is 0. The maximum Gasteiger partial charge on any atom is 0.271 e. The van der Waals surface area contributed by atoms with E-state index < -0.39 is 5.91 Å². The van der Waals surface area contributed by atoms with Crippen molar-refractivity contribution in [2.75, 3.05) is 5.32 Å². The Kier molecular flexibility index (Phi) is 6.17. The van der Waals surface area contributed by atoms with Gasteiger partial charge < -0.3 is 10.6 Å². The first-order valence-electron chi connectivity index (χ1n) is 7.37. The third-order valence-corrected chi connectivity index (χ3v) is 3.74. The Balaban J connectivity index is 1.96. The highest BCUT2D eigenvalue weighted by Gasteiger charge is 2.12. The molecule has 0 aliphatic carbocycles. The zero-order valence-corrected chi connectivity index (χ0v) is 14.8. The lowest BCUT2D eigenvalue weighted by atomic mass is 10.1. The van der Waals surface area contributed by atoms with Gasteiger partial charge in [-0.1, -0.05) is 49.2 Å². The van der Waals surface area contributed by atoms with E-state index in [0.717, 1.165) is 5.56 Å². The fraction of sp³-hybridized carbons (Fsp3) is 0.235. The Morgan fingerprint density at radius 3 is 2.38 bits per heavy atom. The quantitative estimate of drug-likeness (QED) is 0.788. The fourth-order valence-corrected chi connectivity index (χ4v) is 2.17. The van der Waals surface area contributed by atoms with E-state index in [-0.39, 0.29) is 27.7 Å². The van der Waals surface area contributed by atoms with Crippen LogP contribution in [0.1, 0.15) is 29.9 Å². The molecule has 1 aromatic heterocycles. The molecule has 2 rings (SSSR count). The molecule has 0 saturated carbocycles. The highest BCUT2D eigenvalue weighted by molar-refractivity contribution is 6.34.